The summed E-state index contributed by atoms with van der Waals surface area (Å²) in [6, 6.07) is 6.20. The Morgan fingerprint density at radius 1 is 1.15 bits per heavy atom. The monoisotopic (exact) mass is 603 g/mol. The molecule has 2 aromatic carbocycles. The lowest BCUT2D eigenvalue weighted by Gasteiger charge is -2.41. The van der Waals surface area contributed by atoms with E-state index in [0.29, 0.717) is 43.5 Å². The molecule has 0 aromatic heterocycles. The second-order valence-electron chi connectivity index (χ2n) is 10.0. The first-order valence-electron chi connectivity index (χ1n) is 13.2. The predicted octanol–water partition coefficient (Wildman–Crippen LogP) is 3.94. The average Bonchev–Trinajstić information content (AvgIpc) is 2.93. The van der Waals surface area contributed by atoms with Crippen molar-refractivity contribution in [1.29, 1.82) is 0 Å². The van der Waals surface area contributed by atoms with Gasteiger partial charge in [-0.1, -0.05) is 17.7 Å². The second kappa shape index (κ2) is 13.3. The second-order valence-corrected chi connectivity index (χ2v) is 10.4. The van der Waals surface area contributed by atoms with Crippen LogP contribution in [-0.2, 0) is 16.1 Å². The fraction of sp³-hybridized carbons (Fsp3) is 0.481. The number of benzene rings is 2. The van der Waals surface area contributed by atoms with Gasteiger partial charge in [-0.15, -0.1) is 0 Å². The maximum Gasteiger partial charge on any atom is 0.390 e. The molecule has 0 radical (unpaired) electrons. The van der Waals surface area contributed by atoms with Gasteiger partial charge in [-0.05, 0) is 31.2 Å². The van der Waals surface area contributed by atoms with Crippen molar-refractivity contribution >= 4 is 34.8 Å². The Hall–Kier alpha value is -3.00. The lowest BCUT2D eigenvalue weighted by atomic mass is 10.1. The summed E-state index contributed by atoms with van der Waals surface area (Å²) in [4.78, 5) is 28.9. The van der Waals surface area contributed by atoms with Gasteiger partial charge in [0.25, 0.3) is 5.91 Å². The van der Waals surface area contributed by atoms with Gasteiger partial charge in [-0.2, -0.15) is 13.2 Å². The summed E-state index contributed by atoms with van der Waals surface area (Å²) in [6.07, 6.45) is -5.15. The van der Waals surface area contributed by atoms with Crippen LogP contribution in [0.25, 0.3) is 0 Å². The fourth-order valence-electron chi connectivity index (χ4n) is 4.82. The first-order chi connectivity index (χ1) is 19.4. The molecule has 3 N–H and O–H groups in total. The summed E-state index contributed by atoms with van der Waals surface area (Å²) < 4.78 is 73.1. The van der Waals surface area contributed by atoms with E-state index in [-0.39, 0.29) is 37.0 Å². The van der Waals surface area contributed by atoms with Crippen molar-refractivity contribution in [2.24, 2.45) is 0 Å². The van der Waals surface area contributed by atoms with Crippen molar-refractivity contribution in [2.75, 3.05) is 56.2 Å². The number of morpholine rings is 1. The number of rotatable bonds is 8. The highest BCUT2D eigenvalue weighted by molar-refractivity contribution is 6.31. The third-order valence-electron chi connectivity index (χ3n) is 7.09. The lowest BCUT2D eigenvalue weighted by molar-refractivity contribution is -0.139. The minimum atomic E-state index is -4.25. The summed E-state index contributed by atoms with van der Waals surface area (Å²) in [5, 5.41) is 8.46. The zero-order valence-electron chi connectivity index (χ0n) is 22.3. The van der Waals surface area contributed by atoms with E-state index in [9.17, 15) is 31.5 Å². The van der Waals surface area contributed by atoms with Crippen molar-refractivity contribution in [2.45, 2.75) is 38.1 Å². The molecule has 0 aliphatic carbocycles. The number of halogens is 6. The van der Waals surface area contributed by atoms with Crippen LogP contribution in [0.1, 0.15) is 29.3 Å². The van der Waals surface area contributed by atoms with Crippen molar-refractivity contribution in [1.82, 2.24) is 15.5 Å². The van der Waals surface area contributed by atoms with E-state index >= 15 is 0 Å². The standard InChI is InChI=1S/C27H31ClF5N5O3/c1-16-14-38(10-9-37(16)8-6-27(31,32)33)22-12-18(28)3-5-20(22)36-25(39)19-4-2-17(23(29)24(19)30)13-35-26(40)21-15-41-11-7-34-21/h2-5,12,16,21,34H,6-11,13-15H2,1H3,(H,35,40)(H,36,39)/t16-,21+/m1/s1. The minimum absolute atomic E-state index is 0.117. The molecule has 2 aromatic rings. The van der Waals surface area contributed by atoms with Gasteiger partial charge < -0.3 is 25.6 Å². The fourth-order valence-corrected chi connectivity index (χ4v) is 4.99. The number of piperazine rings is 1. The van der Waals surface area contributed by atoms with E-state index in [1.165, 1.54) is 18.2 Å². The molecule has 0 bridgehead atoms. The van der Waals surface area contributed by atoms with Crippen molar-refractivity contribution < 1.29 is 36.3 Å². The van der Waals surface area contributed by atoms with Crippen molar-refractivity contribution in [3.8, 4) is 0 Å². The van der Waals surface area contributed by atoms with E-state index < -0.39 is 47.7 Å². The molecule has 2 aliphatic heterocycles. The van der Waals surface area contributed by atoms with Crippen LogP contribution in [0, 0.1) is 11.6 Å². The van der Waals surface area contributed by atoms with Crippen LogP contribution < -0.4 is 20.9 Å². The maximum atomic E-state index is 15.0. The van der Waals surface area contributed by atoms with Gasteiger partial charge in [0.1, 0.15) is 6.04 Å². The van der Waals surface area contributed by atoms with Gasteiger partial charge in [0.15, 0.2) is 11.6 Å². The Balaban J connectivity index is 1.43. The van der Waals surface area contributed by atoms with Crippen LogP contribution in [0.2, 0.25) is 5.02 Å². The molecular weight excluding hydrogens is 573 g/mol. The minimum Gasteiger partial charge on any atom is -0.378 e. The number of carbonyl (C=O) groups excluding carboxylic acids is 2. The van der Waals surface area contributed by atoms with Gasteiger partial charge in [0.05, 0.1) is 36.6 Å². The molecular formula is C27H31ClF5N5O3. The van der Waals surface area contributed by atoms with E-state index in [1.54, 1.807) is 11.0 Å². The van der Waals surface area contributed by atoms with Gasteiger partial charge in [-0.25, -0.2) is 8.78 Å². The average molecular weight is 604 g/mol. The molecule has 2 amide bonds. The SMILES string of the molecule is C[C@@H]1CN(c2cc(Cl)ccc2NC(=O)c2ccc(CNC(=O)[C@@H]3COCCN3)c(F)c2F)CCN1CCC(F)(F)F. The molecule has 2 heterocycles. The molecule has 0 saturated carbocycles. The van der Waals surface area contributed by atoms with Crippen LogP contribution in [0.5, 0.6) is 0 Å². The smallest absolute Gasteiger partial charge is 0.378 e. The highest BCUT2D eigenvalue weighted by atomic mass is 35.5. The zero-order chi connectivity index (χ0) is 29.7. The van der Waals surface area contributed by atoms with E-state index in [4.69, 9.17) is 16.3 Å². The molecule has 41 heavy (non-hydrogen) atoms. The van der Waals surface area contributed by atoms with Gasteiger partial charge in [0, 0.05) is 55.9 Å². The van der Waals surface area contributed by atoms with Gasteiger partial charge >= 0.3 is 6.18 Å². The Morgan fingerprint density at radius 3 is 2.61 bits per heavy atom. The molecule has 4 rings (SSSR count). The van der Waals surface area contributed by atoms with Crippen LogP contribution in [0.15, 0.2) is 30.3 Å². The zero-order valence-corrected chi connectivity index (χ0v) is 23.0. The Labute approximate surface area is 239 Å². The highest BCUT2D eigenvalue weighted by Crippen LogP contribution is 2.32. The number of nitrogens with one attached hydrogen (secondary N) is 3. The van der Waals surface area contributed by atoms with Gasteiger partial charge in [0.2, 0.25) is 5.91 Å². The van der Waals surface area contributed by atoms with Crippen LogP contribution in [0.3, 0.4) is 0 Å². The molecule has 224 valence electrons. The molecule has 2 atom stereocenters. The highest BCUT2D eigenvalue weighted by Gasteiger charge is 2.32. The normalized spacial score (nSPS) is 20.1. The molecule has 8 nitrogen and oxygen atoms in total. The summed E-state index contributed by atoms with van der Waals surface area (Å²) in [6.45, 7) is 3.66. The molecule has 2 aliphatic rings. The number of amides is 2. The van der Waals surface area contributed by atoms with Crippen LogP contribution in [0.4, 0.5) is 33.3 Å². The van der Waals surface area contributed by atoms with Crippen LogP contribution >= 0.6 is 11.6 Å². The largest absolute Gasteiger partial charge is 0.390 e. The molecule has 0 spiro atoms. The Bertz CT molecular complexity index is 1260. The Kier molecular flexibility index (Phi) is 10.1. The first kappa shape index (κ1) is 30.9. The molecule has 0 unspecified atom stereocenters. The number of anilines is 2. The molecule has 2 fully saturated rings. The van der Waals surface area contributed by atoms with E-state index in [2.05, 4.69) is 16.0 Å². The van der Waals surface area contributed by atoms with E-state index in [1.807, 2.05) is 11.8 Å². The third kappa shape index (κ3) is 8.06. The molecule has 2 saturated heterocycles. The first-order valence-corrected chi connectivity index (χ1v) is 13.5. The van der Waals surface area contributed by atoms with Crippen molar-refractivity contribution in [3.63, 3.8) is 0 Å². The summed E-state index contributed by atoms with van der Waals surface area (Å²) >= 11 is 6.19. The van der Waals surface area contributed by atoms with Crippen molar-refractivity contribution in [3.05, 3.63) is 58.1 Å². The maximum absolute atomic E-state index is 15.0. The Morgan fingerprint density at radius 2 is 1.93 bits per heavy atom. The lowest BCUT2D eigenvalue weighted by Crippen LogP contribution is -2.52. The predicted molar refractivity (Wildman–Crippen MR) is 144 cm³/mol. The summed E-state index contributed by atoms with van der Waals surface area (Å²) in [5.74, 6) is -3.94. The number of ether oxygens (including phenoxy) is 1. The number of carbonyl (C=O) groups is 2. The quantitative estimate of drug-likeness (QED) is 0.397. The third-order valence-corrected chi connectivity index (χ3v) is 7.33. The number of hydrogen-bond acceptors (Lipinski definition) is 6. The van der Waals surface area contributed by atoms with Crippen LogP contribution in [-0.4, -0.2) is 80.9 Å². The number of hydrogen-bond donors (Lipinski definition) is 3. The van der Waals surface area contributed by atoms with E-state index in [0.717, 1.165) is 6.07 Å². The summed E-state index contributed by atoms with van der Waals surface area (Å²) in [5.41, 5.74) is 0.127. The number of nitrogens with zero attached hydrogens (tertiary/aromatic N) is 2. The molecule has 14 heteroatoms. The van der Waals surface area contributed by atoms with Gasteiger partial charge in [-0.3, -0.25) is 14.5 Å². The topological polar surface area (TPSA) is 85.9 Å². The number of alkyl halides is 3. The summed E-state index contributed by atoms with van der Waals surface area (Å²) in [7, 11) is 0.